The van der Waals surface area contributed by atoms with Crippen LogP contribution in [-0.2, 0) is 4.79 Å². The number of nitrogens with zero attached hydrogens (tertiary/aromatic N) is 2. The van der Waals surface area contributed by atoms with Crippen molar-refractivity contribution in [1.82, 2.24) is 0 Å². The number of para-hydroxylation sites is 1. The molecule has 0 heterocycles. The van der Waals surface area contributed by atoms with Crippen LogP contribution in [0.5, 0.6) is 11.5 Å². The molecule has 0 spiro atoms. The first-order chi connectivity index (χ1) is 12.7. The van der Waals surface area contributed by atoms with E-state index in [4.69, 9.17) is 9.47 Å². The number of carbonyl (C=O) groups is 1. The van der Waals surface area contributed by atoms with Crippen molar-refractivity contribution in [3.8, 4) is 11.5 Å². The number of hydrogen-bond donors (Lipinski definition) is 0. The fraction of sp³-hybridized carbons (Fsp3) is 0.381. The topological polar surface area (TPSA) is 60.2 Å². The number of ether oxygens (including phenoxy) is 2. The monoisotopic (exact) mass is 354 g/mol. The van der Waals surface area contributed by atoms with E-state index >= 15 is 0 Å². The molecule has 0 amide bonds. The number of hydrogen-bond acceptors (Lipinski definition) is 5. The Morgan fingerprint density at radius 3 is 2.35 bits per heavy atom. The van der Waals surface area contributed by atoms with Crippen molar-refractivity contribution in [1.29, 1.82) is 0 Å². The molecule has 26 heavy (non-hydrogen) atoms. The molecule has 0 aromatic heterocycles. The van der Waals surface area contributed by atoms with Crippen molar-refractivity contribution in [2.75, 3.05) is 6.61 Å². The van der Waals surface area contributed by atoms with Crippen LogP contribution < -0.4 is 9.47 Å². The lowest BCUT2D eigenvalue weighted by Gasteiger charge is -2.11. The molecule has 0 aliphatic heterocycles. The van der Waals surface area contributed by atoms with Crippen molar-refractivity contribution < 1.29 is 14.3 Å². The van der Waals surface area contributed by atoms with Crippen molar-refractivity contribution in [3.63, 3.8) is 0 Å². The summed E-state index contributed by atoms with van der Waals surface area (Å²) in [5.41, 5.74) is 0.682. The number of rotatable bonds is 10. The molecule has 138 valence electrons. The van der Waals surface area contributed by atoms with Gasteiger partial charge in [-0.05, 0) is 49.7 Å². The van der Waals surface area contributed by atoms with E-state index in [9.17, 15) is 4.79 Å². The zero-order valence-corrected chi connectivity index (χ0v) is 15.4. The Bertz CT molecular complexity index is 684. The van der Waals surface area contributed by atoms with Crippen LogP contribution in [0.3, 0.4) is 0 Å². The quantitative estimate of drug-likeness (QED) is 0.237. The molecule has 0 N–H and O–H groups in total. The lowest BCUT2D eigenvalue weighted by Crippen LogP contribution is -2.24. The SMILES string of the molecule is CCCCCC(N=Nc1ccc(OCC)cc1)C(=O)Oc1ccccc1. The number of carbonyl (C=O) groups excluding carboxylic acids is 1. The molecule has 5 nitrogen and oxygen atoms in total. The molecule has 0 radical (unpaired) electrons. The van der Waals surface area contributed by atoms with Gasteiger partial charge in [-0.3, -0.25) is 0 Å². The van der Waals surface area contributed by atoms with Gasteiger partial charge in [-0.25, -0.2) is 4.79 Å². The highest BCUT2D eigenvalue weighted by atomic mass is 16.5. The van der Waals surface area contributed by atoms with Gasteiger partial charge in [0.25, 0.3) is 0 Å². The molecule has 0 aliphatic rings. The molecule has 2 aromatic carbocycles. The second-order valence-electron chi connectivity index (χ2n) is 5.89. The molecule has 0 saturated carbocycles. The second-order valence-corrected chi connectivity index (χ2v) is 5.89. The molecule has 1 unspecified atom stereocenters. The van der Waals surface area contributed by atoms with E-state index in [0.29, 0.717) is 24.5 Å². The van der Waals surface area contributed by atoms with Gasteiger partial charge in [0.05, 0.1) is 12.3 Å². The zero-order valence-electron chi connectivity index (χ0n) is 15.4. The average molecular weight is 354 g/mol. The summed E-state index contributed by atoms with van der Waals surface area (Å²) < 4.78 is 10.8. The standard InChI is InChI=1S/C21H26N2O3/c1-3-5-7-12-20(21(24)26-19-10-8-6-9-11-19)23-22-17-13-15-18(16-14-17)25-4-2/h6,8-11,13-16,20H,3-5,7,12H2,1-2H3. The molecular formula is C21H26N2O3. The third-order valence-corrected chi connectivity index (χ3v) is 3.78. The smallest absolute Gasteiger partial charge is 0.338 e. The zero-order chi connectivity index (χ0) is 18.6. The maximum atomic E-state index is 12.5. The molecule has 0 aliphatic carbocycles. The van der Waals surface area contributed by atoms with Gasteiger partial charge in [-0.2, -0.15) is 10.2 Å². The molecule has 0 bridgehead atoms. The van der Waals surface area contributed by atoms with Crippen LogP contribution in [0.1, 0.15) is 39.5 Å². The summed E-state index contributed by atoms with van der Waals surface area (Å²) in [4.78, 5) is 12.5. The van der Waals surface area contributed by atoms with Crippen LogP contribution in [0, 0.1) is 0 Å². The Labute approximate surface area is 155 Å². The van der Waals surface area contributed by atoms with Gasteiger partial charge in [-0.15, -0.1) is 0 Å². The third-order valence-electron chi connectivity index (χ3n) is 3.78. The molecule has 5 heteroatoms. The Balaban J connectivity index is 2.03. The number of unbranched alkanes of at least 4 members (excludes halogenated alkanes) is 2. The predicted octanol–water partition coefficient (Wildman–Crippen LogP) is 5.72. The lowest BCUT2D eigenvalue weighted by atomic mass is 10.1. The Hall–Kier alpha value is -2.69. The molecule has 1 atom stereocenters. The summed E-state index contributed by atoms with van der Waals surface area (Å²) in [7, 11) is 0. The normalized spacial score (nSPS) is 12.1. The summed E-state index contributed by atoms with van der Waals surface area (Å²) in [5, 5.41) is 8.47. The van der Waals surface area contributed by atoms with E-state index in [1.807, 2.05) is 49.4 Å². The Kier molecular flexibility index (Phi) is 8.33. The molecular weight excluding hydrogens is 328 g/mol. The van der Waals surface area contributed by atoms with E-state index in [1.54, 1.807) is 12.1 Å². The van der Waals surface area contributed by atoms with Crippen LogP contribution in [0.25, 0.3) is 0 Å². The minimum absolute atomic E-state index is 0.373. The van der Waals surface area contributed by atoms with Gasteiger partial charge in [0.15, 0.2) is 6.04 Å². The summed E-state index contributed by atoms with van der Waals surface area (Å²) >= 11 is 0. The first kappa shape index (κ1) is 19.6. The highest BCUT2D eigenvalue weighted by Gasteiger charge is 2.20. The lowest BCUT2D eigenvalue weighted by molar-refractivity contribution is -0.136. The van der Waals surface area contributed by atoms with E-state index in [0.717, 1.165) is 25.0 Å². The van der Waals surface area contributed by atoms with Crippen molar-refractivity contribution in [2.45, 2.75) is 45.6 Å². The number of benzene rings is 2. The van der Waals surface area contributed by atoms with Gasteiger partial charge < -0.3 is 9.47 Å². The molecule has 2 aromatic rings. The van der Waals surface area contributed by atoms with E-state index in [1.165, 1.54) is 0 Å². The van der Waals surface area contributed by atoms with Crippen molar-refractivity contribution in [3.05, 3.63) is 54.6 Å². The Morgan fingerprint density at radius 1 is 0.962 bits per heavy atom. The summed E-state index contributed by atoms with van der Waals surface area (Å²) in [6, 6.07) is 15.8. The van der Waals surface area contributed by atoms with Crippen molar-refractivity contribution in [2.24, 2.45) is 10.2 Å². The van der Waals surface area contributed by atoms with Crippen LogP contribution in [0.2, 0.25) is 0 Å². The third kappa shape index (κ3) is 6.67. The minimum Gasteiger partial charge on any atom is -0.494 e. The summed E-state index contributed by atoms with van der Waals surface area (Å²) in [6.07, 6.45) is 3.66. The van der Waals surface area contributed by atoms with Crippen LogP contribution in [0.15, 0.2) is 64.8 Å². The van der Waals surface area contributed by atoms with Gasteiger partial charge in [0, 0.05) is 0 Å². The van der Waals surface area contributed by atoms with Gasteiger partial charge in [0.2, 0.25) is 0 Å². The number of esters is 1. The predicted molar refractivity (Wildman–Crippen MR) is 102 cm³/mol. The van der Waals surface area contributed by atoms with Crippen LogP contribution >= 0.6 is 0 Å². The first-order valence-corrected chi connectivity index (χ1v) is 9.13. The second kappa shape index (κ2) is 11.0. The van der Waals surface area contributed by atoms with Gasteiger partial charge >= 0.3 is 5.97 Å². The minimum atomic E-state index is -0.603. The maximum Gasteiger partial charge on any atom is 0.338 e. The highest BCUT2D eigenvalue weighted by Crippen LogP contribution is 2.20. The maximum absolute atomic E-state index is 12.5. The first-order valence-electron chi connectivity index (χ1n) is 9.13. The Morgan fingerprint density at radius 2 is 1.69 bits per heavy atom. The van der Waals surface area contributed by atoms with Gasteiger partial charge in [-0.1, -0.05) is 44.4 Å². The van der Waals surface area contributed by atoms with E-state index in [2.05, 4.69) is 17.2 Å². The van der Waals surface area contributed by atoms with Crippen LogP contribution in [0.4, 0.5) is 5.69 Å². The summed E-state index contributed by atoms with van der Waals surface area (Å²) in [6.45, 7) is 4.68. The summed E-state index contributed by atoms with van der Waals surface area (Å²) in [5.74, 6) is 0.936. The fourth-order valence-electron chi connectivity index (χ4n) is 2.40. The molecule has 0 saturated heterocycles. The van der Waals surface area contributed by atoms with E-state index < -0.39 is 6.04 Å². The number of azo groups is 1. The van der Waals surface area contributed by atoms with Crippen molar-refractivity contribution >= 4 is 11.7 Å². The van der Waals surface area contributed by atoms with E-state index in [-0.39, 0.29) is 5.97 Å². The van der Waals surface area contributed by atoms with Gasteiger partial charge in [0.1, 0.15) is 11.5 Å². The average Bonchev–Trinajstić information content (AvgIpc) is 2.66. The highest BCUT2D eigenvalue weighted by molar-refractivity contribution is 5.78. The molecule has 2 rings (SSSR count). The largest absolute Gasteiger partial charge is 0.494 e. The molecule has 0 fully saturated rings. The fourth-order valence-corrected chi connectivity index (χ4v) is 2.40. The van der Waals surface area contributed by atoms with Crippen LogP contribution in [-0.4, -0.2) is 18.6 Å².